The lowest BCUT2D eigenvalue weighted by Gasteiger charge is -1.95. The molecule has 0 amide bonds. The largest absolute Gasteiger partial charge is 0.375 e. The minimum Gasteiger partial charge on any atom is -0.375 e. The summed E-state index contributed by atoms with van der Waals surface area (Å²) in [6, 6.07) is 1.84. The molecule has 0 saturated heterocycles. The molecule has 6 heteroatoms. The van der Waals surface area contributed by atoms with Gasteiger partial charge in [-0.2, -0.15) is 5.10 Å². The number of hydrogen-bond donors (Lipinski definition) is 1. The third-order valence-electron chi connectivity index (χ3n) is 2.09. The Bertz CT molecular complexity index is 458. The Balaban J connectivity index is 1.94. The number of carbonyl (C=O) groups is 1. The lowest BCUT2D eigenvalue weighted by molar-refractivity contribution is -0.117. The van der Waals surface area contributed by atoms with Crippen LogP contribution < -0.4 is 5.73 Å². The van der Waals surface area contributed by atoms with Crippen molar-refractivity contribution >= 4 is 22.3 Å². The first-order valence-corrected chi connectivity index (χ1v) is 5.71. The van der Waals surface area contributed by atoms with Crippen LogP contribution in [0.4, 0.5) is 5.13 Å². The summed E-state index contributed by atoms with van der Waals surface area (Å²) in [7, 11) is 1.83. The van der Waals surface area contributed by atoms with Gasteiger partial charge in [0.05, 0.1) is 24.2 Å². The SMILES string of the molecule is Cn1ccc(CC(=O)Cc2csc(N)n2)n1. The molecule has 5 nitrogen and oxygen atoms in total. The molecular weight excluding hydrogens is 224 g/mol. The molecule has 0 aliphatic rings. The van der Waals surface area contributed by atoms with Crippen molar-refractivity contribution in [1.29, 1.82) is 0 Å². The van der Waals surface area contributed by atoms with Gasteiger partial charge in [-0.15, -0.1) is 11.3 Å². The lowest BCUT2D eigenvalue weighted by atomic mass is 10.1. The zero-order valence-corrected chi connectivity index (χ0v) is 9.70. The number of thiazole rings is 1. The molecule has 0 spiro atoms. The van der Waals surface area contributed by atoms with Gasteiger partial charge >= 0.3 is 0 Å². The van der Waals surface area contributed by atoms with Crippen LogP contribution in [0.15, 0.2) is 17.6 Å². The van der Waals surface area contributed by atoms with Crippen LogP contribution in [0.2, 0.25) is 0 Å². The highest BCUT2D eigenvalue weighted by atomic mass is 32.1. The lowest BCUT2D eigenvalue weighted by Crippen LogP contribution is -2.07. The predicted molar refractivity (Wildman–Crippen MR) is 62.1 cm³/mol. The molecule has 16 heavy (non-hydrogen) atoms. The van der Waals surface area contributed by atoms with Crippen LogP contribution in [0.3, 0.4) is 0 Å². The number of anilines is 1. The minimum atomic E-state index is 0.101. The van der Waals surface area contributed by atoms with Crippen molar-refractivity contribution in [3.05, 3.63) is 29.0 Å². The van der Waals surface area contributed by atoms with Crippen molar-refractivity contribution in [2.75, 3.05) is 5.73 Å². The van der Waals surface area contributed by atoms with Crippen LogP contribution in [0, 0.1) is 0 Å². The number of nitrogens with two attached hydrogens (primary N) is 1. The number of aryl methyl sites for hydroxylation is 1. The van der Waals surface area contributed by atoms with Crippen LogP contribution in [-0.2, 0) is 24.7 Å². The molecule has 0 aliphatic heterocycles. The van der Waals surface area contributed by atoms with E-state index in [0.717, 1.165) is 11.4 Å². The van der Waals surface area contributed by atoms with E-state index in [1.54, 1.807) is 4.68 Å². The van der Waals surface area contributed by atoms with Gasteiger partial charge in [0, 0.05) is 18.6 Å². The number of rotatable bonds is 4. The van der Waals surface area contributed by atoms with Gasteiger partial charge in [-0.3, -0.25) is 9.48 Å². The summed E-state index contributed by atoms with van der Waals surface area (Å²) >= 11 is 1.35. The Kier molecular flexibility index (Phi) is 3.00. The fraction of sp³-hybridized carbons (Fsp3) is 0.300. The quantitative estimate of drug-likeness (QED) is 0.852. The summed E-state index contributed by atoms with van der Waals surface area (Å²) in [6.45, 7) is 0. The smallest absolute Gasteiger partial charge is 0.180 e. The number of nitrogen functional groups attached to an aromatic ring is 1. The Morgan fingerprint density at radius 2 is 2.25 bits per heavy atom. The van der Waals surface area contributed by atoms with Gasteiger partial charge < -0.3 is 5.73 Å². The van der Waals surface area contributed by atoms with E-state index < -0.39 is 0 Å². The zero-order valence-electron chi connectivity index (χ0n) is 8.88. The van der Waals surface area contributed by atoms with Crippen LogP contribution in [0.1, 0.15) is 11.4 Å². The maximum atomic E-state index is 11.7. The predicted octanol–water partition coefficient (Wildman–Crippen LogP) is 0.813. The third kappa shape index (κ3) is 2.66. The van der Waals surface area contributed by atoms with Crippen molar-refractivity contribution in [2.45, 2.75) is 12.8 Å². The summed E-state index contributed by atoms with van der Waals surface area (Å²) in [5.74, 6) is 0.101. The van der Waals surface area contributed by atoms with E-state index in [9.17, 15) is 4.79 Å². The second-order valence-corrected chi connectivity index (χ2v) is 4.44. The summed E-state index contributed by atoms with van der Waals surface area (Å²) in [4.78, 5) is 15.7. The van der Waals surface area contributed by atoms with Gasteiger partial charge in [0.15, 0.2) is 5.13 Å². The first-order chi connectivity index (χ1) is 7.63. The highest BCUT2D eigenvalue weighted by Crippen LogP contribution is 2.12. The Labute approximate surface area is 96.9 Å². The van der Waals surface area contributed by atoms with E-state index in [1.165, 1.54) is 11.3 Å². The molecule has 0 bridgehead atoms. The normalized spacial score (nSPS) is 10.6. The van der Waals surface area contributed by atoms with E-state index in [1.807, 2.05) is 24.7 Å². The van der Waals surface area contributed by atoms with Crippen molar-refractivity contribution in [2.24, 2.45) is 7.05 Å². The molecule has 2 heterocycles. The van der Waals surface area contributed by atoms with Crippen LogP contribution in [-0.4, -0.2) is 20.5 Å². The standard InChI is InChI=1S/C10H12N4OS/c1-14-3-2-7(13-14)4-9(15)5-8-6-16-10(11)12-8/h2-3,6H,4-5H2,1H3,(H2,11,12). The average Bonchev–Trinajstić information content (AvgIpc) is 2.76. The number of hydrogen-bond acceptors (Lipinski definition) is 5. The third-order valence-corrected chi connectivity index (χ3v) is 2.82. The van der Waals surface area contributed by atoms with E-state index in [-0.39, 0.29) is 5.78 Å². The monoisotopic (exact) mass is 236 g/mol. The highest BCUT2D eigenvalue weighted by Gasteiger charge is 2.09. The molecule has 2 rings (SSSR count). The number of Topliss-reactive ketones (excluding diaryl/α,β-unsaturated/α-hetero) is 1. The first-order valence-electron chi connectivity index (χ1n) is 4.83. The van der Waals surface area contributed by atoms with Crippen LogP contribution in [0.25, 0.3) is 0 Å². The molecular formula is C10H12N4OS. The van der Waals surface area contributed by atoms with E-state index >= 15 is 0 Å². The van der Waals surface area contributed by atoms with E-state index in [2.05, 4.69) is 10.1 Å². The fourth-order valence-corrected chi connectivity index (χ4v) is 1.99. The van der Waals surface area contributed by atoms with Gasteiger partial charge in [0.25, 0.3) is 0 Å². The Hall–Kier alpha value is -1.69. The summed E-state index contributed by atoms with van der Waals surface area (Å²) in [5, 5.41) is 6.46. The maximum Gasteiger partial charge on any atom is 0.180 e. The molecule has 0 unspecified atom stereocenters. The Morgan fingerprint density at radius 3 is 2.81 bits per heavy atom. The zero-order chi connectivity index (χ0) is 11.5. The van der Waals surface area contributed by atoms with Gasteiger partial charge in [-0.25, -0.2) is 4.98 Å². The molecule has 0 aliphatic carbocycles. The molecule has 2 N–H and O–H groups in total. The van der Waals surface area contributed by atoms with Gasteiger partial charge in [0.1, 0.15) is 5.78 Å². The molecule has 84 valence electrons. The Morgan fingerprint density at radius 1 is 1.50 bits per heavy atom. The number of nitrogens with zero attached hydrogens (tertiary/aromatic N) is 3. The van der Waals surface area contributed by atoms with Crippen molar-refractivity contribution in [1.82, 2.24) is 14.8 Å². The molecule has 0 radical (unpaired) electrons. The summed E-state index contributed by atoms with van der Waals surface area (Å²) < 4.78 is 1.68. The van der Waals surface area contributed by atoms with Gasteiger partial charge in [0.2, 0.25) is 0 Å². The second kappa shape index (κ2) is 4.44. The maximum absolute atomic E-state index is 11.7. The minimum absolute atomic E-state index is 0.101. The average molecular weight is 236 g/mol. The molecule has 2 aromatic rings. The topological polar surface area (TPSA) is 73.8 Å². The van der Waals surface area contributed by atoms with Gasteiger partial charge in [-0.05, 0) is 6.07 Å². The van der Waals surface area contributed by atoms with E-state index in [0.29, 0.717) is 18.0 Å². The molecule has 0 atom stereocenters. The van der Waals surface area contributed by atoms with Crippen molar-refractivity contribution in [3.63, 3.8) is 0 Å². The molecule has 2 aromatic heterocycles. The van der Waals surface area contributed by atoms with Crippen LogP contribution in [0.5, 0.6) is 0 Å². The van der Waals surface area contributed by atoms with Crippen molar-refractivity contribution in [3.8, 4) is 0 Å². The van der Waals surface area contributed by atoms with Crippen LogP contribution >= 0.6 is 11.3 Å². The molecule has 0 fully saturated rings. The number of aromatic nitrogens is 3. The first kappa shape index (κ1) is 10.8. The highest BCUT2D eigenvalue weighted by molar-refractivity contribution is 7.13. The molecule has 0 saturated carbocycles. The number of ketones is 1. The number of carbonyl (C=O) groups excluding carboxylic acids is 1. The van der Waals surface area contributed by atoms with E-state index in [4.69, 9.17) is 5.73 Å². The molecule has 0 aromatic carbocycles. The van der Waals surface area contributed by atoms with Crippen molar-refractivity contribution < 1.29 is 4.79 Å². The fourth-order valence-electron chi connectivity index (χ4n) is 1.43. The summed E-state index contributed by atoms with van der Waals surface area (Å²) in [6.07, 6.45) is 2.49. The second-order valence-electron chi connectivity index (χ2n) is 3.55. The summed E-state index contributed by atoms with van der Waals surface area (Å²) in [5.41, 5.74) is 7.02. The van der Waals surface area contributed by atoms with Gasteiger partial charge in [-0.1, -0.05) is 0 Å².